The molecule has 1 aliphatic carbocycles. The summed E-state index contributed by atoms with van der Waals surface area (Å²) in [6.07, 6.45) is 9.30. The van der Waals surface area contributed by atoms with Crippen LogP contribution < -0.4 is 10.6 Å². The lowest BCUT2D eigenvalue weighted by Gasteiger charge is -2.45. The molecule has 2 bridgehead atoms. The number of rotatable bonds is 17. The van der Waals surface area contributed by atoms with E-state index in [0.29, 0.717) is 29.6 Å². The highest BCUT2D eigenvalue weighted by molar-refractivity contribution is 7.09. The average molecular weight is 768 g/mol. The van der Waals surface area contributed by atoms with E-state index in [4.69, 9.17) is 9.47 Å². The summed E-state index contributed by atoms with van der Waals surface area (Å²) in [6, 6.07) is -1.67. The molecular formula is C39H57N7O7S. The van der Waals surface area contributed by atoms with Crippen LogP contribution in [0.5, 0.6) is 0 Å². The lowest BCUT2D eigenvalue weighted by atomic mass is 9.78. The first kappa shape index (κ1) is 41.2. The van der Waals surface area contributed by atoms with Gasteiger partial charge in [0.1, 0.15) is 22.6 Å². The Labute approximate surface area is 322 Å². The number of aryl methyl sites for hydroxylation is 1. The fourth-order valence-corrected chi connectivity index (χ4v) is 8.82. The van der Waals surface area contributed by atoms with E-state index in [-0.39, 0.29) is 47.8 Å². The Balaban J connectivity index is 1.29. The van der Waals surface area contributed by atoms with Gasteiger partial charge in [-0.1, -0.05) is 27.2 Å². The monoisotopic (exact) mass is 767 g/mol. The molecule has 2 aromatic rings. The molecule has 4 aliphatic rings. The number of aromatic nitrogens is 3. The lowest BCUT2D eigenvalue weighted by Crippen LogP contribution is -2.61. The van der Waals surface area contributed by atoms with Crippen molar-refractivity contribution in [2.24, 2.45) is 23.7 Å². The maximum Gasteiger partial charge on any atom is 0.308 e. The van der Waals surface area contributed by atoms with E-state index in [2.05, 4.69) is 30.5 Å². The molecule has 3 aliphatic heterocycles. The predicted octanol–water partition coefficient (Wildman–Crippen LogP) is 4.03. The Morgan fingerprint density at radius 1 is 1.02 bits per heavy atom. The SMILES string of the molecule is COC(=O)[C@@H](C)C[C@H](Cc1ncc(C)cn1)NC(=O)c1csc([C@@H](C[C@H](C(C)C)N(C)C(=O)[C@@H](NC(=O)[C@H]2CC3CCN2CC3)C2CCC2)OC(C)=O)n1. The Morgan fingerprint density at radius 3 is 2.26 bits per heavy atom. The smallest absolute Gasteiger partial charge is 0.308 e. The van der Waals surface area contributed by atoms with Crippen LogP contribution in [0.15, 0.2) is 17.8 Å². The molecule has 6 rings (SSSR count). The van der Waals surface area contributed by atoms with Gasteiger partial charge in [0.15, 0.2) is 6.10 Å². The first-order valence-electron chi connectivity index (χ1n) is 19.3. The zero-order valence-electron chi connectivity index (χ0n) is 32.7. The highest BCUT2D eigenvalue weighted by Crippen LogP contribution is 2.35. The number of thiazole rings is 1. The molecule has 296 valence electrons. The fourth-order valence-electron chi connectivity index (χ4n) is 7.98. The minimum absolute atomic E-state index is 0.0285. The van der Waals surface area contributed by atoms with Crippen molar-refractivity contribution in [3.8, 4) is 0 Å². The number of fused-ring (bicyclic) bond motifs is 3. The van der Waals surface area contributed by atoms with E-state index >= 15 is 0 Å². The minimum atomic E-state index is -0.824. The van der Waals surface area contributed by atoms with Crippen LogP contribution in [-0.4, -0.2) is 106 Å². The molecule has 15 heteroatoms. The number of hydrogen-bond acceptors (Lipinski definition) is 12. The molecule has 6 atom stereocenters. The van der Waals surface area contributed by atoms with Gasteiger partial charge in [-0.15, -0.1) is 11.3 Å². The van der Waals surface area contributed by atoms with Gasteiger partial charge in [-0.2, -0.15) is 0 Å². The number of carbonyl (C=O) groups is 5. The Bertz CT molecular complexity index is 1620. The third-order valence-corrected chi connectivity index (χ3v) is 12.3. The number of ether oxygens (including phenoxy) is 2. The van der Waals surface area contributed by atoms with Crippen LogP contribution in [0, 0.1) is 30.6 Å². The normalized spacial score (nSPS) is 22.3. The van der Waals surface area contributed by atoms with Crippen LogP contribution >= 0.6 is 11.3 Å². The minimum Gasteiger partial charge on any atom is -0.469 e. The van der Waals surface area contributed by atoms with Crippen LogP contribution in [0.4, 0.5) is 0 Å². The number of hydrogen-bond donors (Lipinski definition) is 2. The zero-order valence-corrected chi connectivity index (χ0v) is 33.5. The Kier molecular flexibility index (Phi) is 14.2. The van der Waals surface area contributed by atoms with Crippen molar-refractivity contribution >= 4 is 41.0 Å². The third-order valence-electron chi connectivity index (χ3n) is 11.4. The summed E-state index contributed by atoms with van der Waals surface area (Å²) in [5.74, 6) is -0.912. The number of esters is 2. The molecule has 0 radical (unpaired) electrons. The second kappa shape index (κ2) is 18.6. The second-order valence-corrected chi connectivity index (χ2v) is 16.7. The van der Waals surface area contributed by atoms with Crippen molar-refractivity contribution in [3.05, 3.63) is 39.9 Å². The summed E-state index contributed by atoms with van der Waals surface area (Å²) < 4.78 is 10.7. The van der Waals surface area contributed by atoms with E-state index in [1.807, 2.05) is 20.8 Å². The number of carbonyl (C=O) groups excluding carboxylic acids is 5. The van der Waals surface area contributed by atoms with Crippen LogP contribution in [0.3, 0.4) is 0 Å². The van der Waals surface area contributed by atoms with Gasteiger partial charge in [-0.05, 0) is 81.9 Å². The lowest BCUT2D eigenvalue weighted by molar-refractivity contribution is -0.149. The van der Waals surface area contributed by atoms with Gasteiger partial charge >= 0.3 is 11.9 Å². The van der Waals surface area contributed by atoms with Gasteiger partial charge in [0, 0.05) is 56.7 Å². The van der Waals surface area contributed by atoms with E-state index in [9.17, 15) is 24.0 Å². The highest BCUT2D eigenvalue weighted by atomic mass is 32.1. The maximum absolute atomic E-state index is 14.3. The molecule has 3 saturated heterocycles. The Morgan fingerprint density at radius 2 is 1.70 bits per heavy atom. The number of nitrogens with zero attached hydrogens (tertiary/aromatic N) is 5. The van der Waals surface area contributed by atoms with Crippen molar-refractivity contribution in [2.45, 2.75) is 123 Å². The molecule has 2 aromatic heterocycles. The van der Waals surface area contributed by atoms with Crippen molar-refractivity contribution < 1.29 is 33.4 Å². The summed E-state index contributed by atoms with van der Waals surface area (Å²) >= 11 is 1.20. The van der Waals surface area contributed by atoms with Gasteiger partial charge in [0.25, 0.3) is 5.91 Å². The number of amides is 3. The van der Waals surface area contributed by atoms with E-state index < -0.39 is 42.0 Å². The van der Waals surface area contributed by atoms with Gasteiger partial charge < -0.3 is 25.0 Å². The van der Waals surface area contributed by atoms with Crippen LogP contribution in [0.1, 0.15) is 112 Å². The highest BCUT2D eigenvalue weighted by Gasteiger charge is 2.43. The predicted molar refractivity (Wildman–Crippen MR) is 202 cm³/mol. The van der Waals surface area contributed by atoms with Crippen molar-refractivity contribution in [2.75, 3.05) is 27.2 Å². The third kappa shape index (κ3) is 10.4. The summed E-state index contributed by atoms with van der Waals surface area (Å²) in [7, 11) is 3.09. The van der Waals surface area contributed by atoms with Crippen molar-refractivity contribution in [1.29, 1.82) is 0 Å². The van der Waals surface area contributed by atoms with Crippen molar-refractivity contribution in [1.82, 2.24) is 35.4 Å². The van der Waals surface area contributed by atoms with Crippen LogP contribution in [0.2, 0.25) is 0 Å². The largest absolute Gasteiger partial charge is 0.469 e. The quantitative estimate of drug-likeness (QED) is 0.223. The first-order chi connectivity index (χ1) is 25.7. The molecule has 2 N–H and O–H groups in total. The molecule has 0 spiro atoms. The summed E-state index contributed by atoms with van der Waals surface area (Å²) in [5.41, 5.74) is 1.04. The molecule has 5 heterocycles. The number of piperidine rings is 3. The van der Waals surface area contributed by atoms with Gasteiger partial charge in [0.05, 0.1) is 19.1 Å². The van der Waals surface area contributed by atoms with Gasteiger partial charge in [0.2, 0.25) is 11.8 Å². The summed E-state index contributed by atoms with van der Waals surface area (Å²) in [5, 5.41) is 8.22. The number of methoxy groups -OCH3 is 1. The standard InChI is InChI=1S/C39H57N7O7S/c1-22(2)30(45(6)38(50)34(27-9-8-10-27)44-36(49)31-16-26-11-13-46(31)14-12-26)18-32(53-25(5)47)37-43-29(21-54-37)35(48)42-28(15-24(4)39(51)52-7)17-33-40-19-23(3)20-41-33/h19-22,24,26-28,30-32,34H,8-18H2,1-7H3,(H,42,48)(H,44,49)/t24-,28+,30+,31+,32+,34-/m0/s1. The molecule has 3 amide bonds. The molecule has 4 fully saturated rings. The van der Waals surface area contributed by atoms with E-state index in [1.54, 1.807) is 36.6 Å². The second-order valence-electron chi connectivity index (χ2n) is 15.8. The van der Waals surface area contributed by atoms with E-state index in [1.165, 1.54) is 25.4 Å². The topological polar surface area (TPSA) is 173 Å². The van der Waals surface area contributed by atoms with Crippen LogP contribution in [0.25, 0.3) is 0 Å². The summed E-state index contributed by atoms with van der Waals surface area (Å²) in [4.78, 5) is 83.5. The Hall–Kier alpha value is -3.98. The molecule has 14 nitrogen and oxygen atoms in total. The van der Waals surface area contributed by atoms with Gasteiger partial charge in [-0.25, -0.2) is 15.0 Å². The van der Waals surface area contributed by atoms with Crippen molar-refractivity contribution in [3.63, 3.8) is 0 Å². The molecule has 1 saturated carbocycles. The number of likely N-dealkylation sites (N-methyl/N-ethyl adjacent to an activating group) is 1. The summed E-state index contributed by atoms with van der Waals surface area (Å²) in [6.45, 7) is 10.8. The number of nitrogens with one attached hydrogen (secondary N) is 2. The zero-order chi connectivity index (χ0) is 39.1. The van der Waals surface area contributed by atoms with Gasteiger partial charge in [-0.3, -0.25) is 28.9 Å². The molecule has 0 unspecified atom stereocenters. The average Bonchev–Trinajstić information content (AvgIpc) is 3.63. The first-order valence-corrected chi connectivity index (χ1v) is 20.2. The maximum atomic E-state index is 14.3. The molecular weight excluding hydrogens is 711 g/mol. The van der Waals surface area contributed by atoms with E-state index in [0.717, 1.165) is 57.2 Å². The molecule has 54 heavy (non-hydrogen) atoms. The van der Waals surface area contributed by atoms with Crippen LogP contribution in [-0.2, 0) is 35.1 Å². The fraction of sp³-hybridized carbons (Fsp3) is 0.692. The molecule has 0 aromatic carbocycles.